The molecule has 0 aliphatic carbocycles. The summed E-state index contributed by atoms with van der Waals surface area (Å²) in [5.41, 5.74) is 9.04. The Morgan fingerprint density at radius 2 is 1.72 bits per heavy atom. The molecule has 5 heteroatoms. The Kier molecular flexibility index (Phi) is 5.16. The number of rotatable bonds is 5. The zero-order chi connectivity index (χ0) is 13.8. The number of nitrogens with two attached hydrogens (primary N) is 1. The lowest BCUT2D eigenvalue weighted by Gasteiger charge is -2.14. The molecule has 0 saturated heterocycles. The van der Waals surface area contributed by atoms with Crippen molar-refractivity contribution in [3.63, 3.8) is 0 Å². The van der Waals surface area contributed by atoms with Crippen LogP contribution < -0.4 is 5.73 Å². The fourth-order valence-corrected chi connectivity index (χ4v) is 1.79. The number of aryl methyl sites for hydroxylation is 2. The van der Waals surface area contributed by atoms with Crippen molar-refractivity contribution in [3.05, 3.63) is 34.9 Å². The van der Waals surface area contributed by atoms with Gasteiger partial charge in [0.05, 0.1) is 0 Å². The van der Waals surface area contributed by atoms with Gasteiger partial charge in [-0.05, 0) is 25.8 Å². The Balaban J connectivity index is 2.43. The van der Waals surface area contributed by atoms with Gasteiger partial charge in [-0.15, -0.1) is 0 Å². The molecule has 2 nitrogen and oxygen atoms in total. The van der Waals surface area contributed by atoms with E-state index in [1.165, 1.54) is 0 Å². The van der Waals surface area contributed by atoms with Gasteiger partial charge >= 0.3 is 6.18 Å². The van der Waals surface area contributed by atoms with Crippen LogP contribution in [-0.4, -0.2) is 19.4 Å². The van der Waals surface area contributed by atoms with Crippen molar-refractivity contribution in [2.45, 2.75) is 32.5 Å². The Hall–Kier alpha value is -1.07. The lowest BCUT2D eigenvalue weighted by atomic mass is 10.0. The van der Waals surface area contributed by atoms with E-state index in [0.29, 0.717) is 6.42 Å². The van der Waals surface area contributed by atoms with Crippen LogP contribution in [-0.2, 0) is 4.74 Å². The normalized spacial score (nSPS) is 13.7. The molecule has 0 aromatic heterocycles. The van der Waals surface area contributed by atoms with Gasteiger partial charge in [-0.25, -0.2) is 0 Å². The van der Waals surface area contributed by atoms with E-state index in [2.05, 4.69) is 4.74 Å². The molecule has 18 heavy (non-hydrogen) atoms. The molecule has 0 aliphatic heterocycles. The molecule has 102 valence electrons. The smallest absolute Gasteiger partial charge is 0.372 e. The van der Waals surface area contributed by atoms with Crippen molar-refractivity contribution in [2.24, 2.45) is 5.73 Å². The van der Waals surface area contributed by atoms with Crippen LogP contribution in [0.15, 0.2) is 18.2 Å². The third-order valence-corrected chi connectivity index (χ3v) is 2.51. The van der Waals surface area contributed by atoms with Crippen LogP contribution in [0.1, 0.15) is 29.2 Å². The minimum absolute atomic E-state index is 0.00761. The van der Waals surface area contributed by atoms with Crippen molar-refractivity contribution < 1.29 is 17.9 Å². The van der Waals surface area contributed by atoms with Gasteiger partial charge in [0.1, 0.15) is 6.61 Å². The average molecular weight is 261 g/mol. The molecule has 1 rings (SSSR count). The molecule has 0 spiro atoms. The maximum Gasteiger partial charge on any atom is 0.411 e. The molecule has 0 aliphatic rings. The van der Waals surface area contributed by atoms with E-state index in [-0.39, 0.29) is 12.6 Å². The van der Waals surface area contributed by atoms with E-state index < -0.39 is 12.8 Å². The summed E-state index contributed by atoms with van der Waals surface area (Å²) in [6.07, 6.45) is -3.90. The van der Waals surface area contributed by atoms with Crippen molar-refractivity contribution in [2.75, 3.05) is 13.2 Å². The van der Waals surface area contributed by atoms with Crippen LogP contribution in [0.3, 0.4) is 0 Å². The molecule has 1 aromatic carbocycles. The minimum Gasteiger partial charge on any atom is -0.372 e. The van der Waals surface area contributed by atoms with Crippen LogP contribution in [0.25, 0.3) is 0 Å². The summed E-state index contributed by atoms with van der Waals surface area (Å²) in [5, 5.41) is 0. The van der Waals surface area contributed by atoms with Crippen LogP contribution in [0.5, 0.6) is 0 Å². The van der Waals surface area contributed by atoms with Gasteiger partial charge in [0.25, 0.3) is 0 Å². The number of alkyl halides is 3. The number of halogens is 3. The summed E-state index contributed by atoms with van der Waals surface area (Å²) in [7, 11) is 0. The minimum atomic E-state index is -4.27. The van der Waals surface area contributed by atoms with Crippen LogP contribution in [0.4, 0.5) is 13.2 Å². The molecule has 0 fully saturated rings. The second kappa shape index (κ2) is 6.20. The molecular formula is C13H18F3NO. The number of hydrogen-bond acceptors (Lipinski definition) is 2. The fourth-order valence-electron chi connectivity index (χ4n) is 1.79. The molecule has 1 atom stereocenters. The van der Waals surface area contributed by atoms with Gasteiger partial charge in [-0.2, -0.15) is 13.2 Å². The topological polar surface area (TPSA) is 35.2 Å². The Morgan fingerprint density at radius 1 is 1.17 bits per heavy atom. The molecular weight excluding hydrogens is 243 g/mol. The van der Waals surface area contributed by atoms with E-state index in [1.54, 1.807) is 0 Å². The van der Waals surface area contributed by atoms with Gasteiger partial charge < -0.3 is 10.5 Å². The summed E-state index contributed by atoms with van der Waals surface area (Å²) in [4.78, 5) is 0. The molecule has 0 bridgehead atoms. The third-order valence-electron chi connectivity index (χ3n) is 2.51. The van der Waals surface area contributed by atoms with Crippen molar-refractivity contribution >= 4 is 0 Å². The second-order valence-corrected chi connectivity index (χ2v) is 4.48. The number of ether oxygens (including phenoxy) is 1. The zero-order valence-corrected chi connectivity index (χ0v) is 10.6. The highest BCUT2D eigenvalue weighted by Gasteiger charge is 2.27. The molecule has 0 heterocycles. The van der Waals surface area contributed by atoms with E-state index >= 15 is 0 Å². The van der Waals surface area contributed by atoms with Gasteiger partial charge in [0.2, 0.25) is 0 Å². The molecule has 0 saturated carbocycles. The summed E-state index contributed by atoms with van der Waals surface area (Å²) in [6, 6.07) is 5.62. The van der Waals surface area contributed by atoms with E-state index in [1.807, 2.05) is 32.0 Å². The first-order valence-corrected chi connectivity index (χ1v) is 5.76. The monoisotopic (exact) mass is 261 g/mol. The first kappa shape index (κ1) is 15.0. The fraction of sp³-hybridized carbons (Fsp3) is 0.538. The second-order valence-electron chi connectivity index (χ2n) is 4.48. The number of benzene rings is 1. The molecule has 0 radical (unpaired) electrons. The molecule has 0 amide bonds. The predicted molar refractivity (Wildman–Crippen MR) is 64.3 cm³/mol. The predicted octanol–water partition coefficient (Wildman–Crippen LogP) is 3.27. The van der Waals surface area contributed by atoms with Gasteiger partial charge in [0.15, 0.2) is 0 Å². The summed E-state index contributed by atoms with van der Waals surface area (Å²) >= 11 is 0. The third kappa shape index (κ3) is 5.51. The molecule has 2 N–H and O–H groups in total. The van der Waals surface area contributed by atoms with E-state index in [9.17, 15) is 13.2 Å². The largest absolute Gasteiger partial charge is 0.411 e. The summed E-state index contributed by atoms with van der Waals surface area (Å²) in [6.45, 7) is 2.72. The highest BCUT2D eigenvalue weighted by Crippen LogP contribution is 2.19. The molecule has 1 unspecified atom stereocenters. The quantitative estimate of drug-likeness (QED) is 0.826. The van der Waals surface area contributed by atoms with Crippen molar-refractivity contribution in [3.8, 4) is 0 Å². The van der Waals surface area contributed by atoms with Crippen LogP contribution in [0.2, 0.25) is 0 Å². The Morgan fingerprint density at radius 3 is 2.22 bits per heavy atom. The lowest BCUT2D eigenvalue weighted by Crippen LogP contribution is -2.19. The van der Waals surface area contributed by atoms with Gasteiger partial charge in [-0.3, -0.25) is 0 Å². The lowest BCUT2D eigenvalue weighted by molar-refractivity contribution is -0.174. The van der Waals surface area contributed by atoms with Crippen molar-refractivity contribution in [1.29, 1.82) is 0 Å². The van der Waals surface area contributed by atoms with Crippen molar-refractivity contribution in [1.82, 2.24) is 0 Å². The first-order valence-electron chi connectivity index (χ1n) is 5.76. The molecule has 1 aromatic rings. The van der Waals surface area contributed by atoms with Crippen LogP contribution in [0, 0.1) is 13.8 Å². The van der Waals surface area contributed by atoms with Gasteiger partial charge in [0, 0.05) is 12.6 Å². The van der Waals surface area contributed by atoms with E-state index in [4.69, 9.17) is 5.73 Å². The zero-order valence-electron chi connectivity index (χ0n) is 10.6. The first-order chi connectivity index (χ1) is 8.28. The Bertz CT molecular complexity index is 370. The number of hydrogen-bond donors (Lipinski definition) is 1. The van der Waals surface area contributed by atoms with E-state index in [0.717, 1.165) is 16.7 Å². The Labute approximate surface area is 105 Å². The van der Waals surface area contributed by atoms with Crippen LogP contribution >= 0.6 is 0 Å². The summed E-state index contributed by atoms with van der Waals surface area (Å²) in [5.74, 6) is 0. The SMILES string of the molecule is Cc1cc(C)cc(C(N)CCOCC(F)(F)F)c1. The summed E-state index contributed by atoms with van der Waals surface area (Å²) < 4.78 is 40.1. The highest BCUT2D eigenvalue weighted by molar-refractivity contribution is 5.30. The maximum absolute atomic E-state index is 11.9. The van der Waals surface area contributed by atoms with Gasteiger partial charge in [-0.1, -0.05) is 29.3 Å². The average Bonchev–Trinajstić information content (AvgIpc) is 2.21. The highest BCUT2D eigenvalue weighted by atomic mass is 19.4. The maximum atomic E-state index is 11.9. The standard InChI is InChI=1S/C13H18F3NO/c1-9-5-10(2)7-11(6-9)12(17)3-4-18-8-13(14,15)16/h5-7,12H,3-4,8,17H2,1-2H3.